The summed E-state index contributed by atoms with van der Waals surface area (Å²) in [6.07, 6.45) is 1.60. The molecule has 0 saturated heterocycles. The van der Waals surface area contributed by atoms with Crippen molar-refractivity contribution in [3.8, 4) is 6.07 Å². The van der Waals surface area contributed by atoms with Gasteiger partial charge in [0, 0.05) is 11.9 Å². The Morgan fingerprint density at radius 1 is 1.29 bits per heavy atom. The first-order valence-corrected chi connectivity index (χ1v) is 6.80. The molecule has 2 aromatic rings. The number of benzene rings is 1. The van der Waals surface area contributed by atoms with Crippen LogP contribution in [0.5, 0.6) is 0 Å². The van der Waals surface area contributed by atoms with Gasteiger partial charge in [0.1, 0.15) is 11.8 Å². The molecule has 4 nitrogen and oxygen atoms in total. The SMILES string of the molecule is CC1(C)C(=O)N(Cc2ccnc(C#N)c2)c2ccccc21. The van der Waals surface area contributed by atoms with Gasteiger partial charge in [-0.1, -0.05) is 18.2 Å². The van der Waals surface area contributed by atoms with E-state index in [1.807, 2.05) is 50.2 Å². The van der Waals surface area contributed by atoms with Gasteiger partial charge >= 0.3 is 0 Å². The fourth-order valence-electron chi connectivity index (χ4n) is 2.77. The van der Waals surface area contributed by atoms with E-state index < -0.39 is 5.41 Å². The number of rotatable bonds is 2. The average Bonchev–Trinajstić information content (AvgIpc) is 2.69. The van der Waals surface area contributed by atoms with E-state index >= 15 is 0 Å². The number of aromatic nitrogens is 1. The number of carbonyl (C=O) groups is 1. The molecule has 0 spiro atoms. The van der Waals surface area contributed by atoms with Crippen LogP contribution in [-0.2, 0) is 16.8 Å². The van der Waals surface area contributed by atoms with Crippen LogP contribution in [0.3, 0.4) is 0 Å². The molecule has 21 heavy (non-hydrogen) atoms. The van der Waals surface area contributed by atoms with Crippen molar-refractivity contribution in [3.63, 3.8) is 0 Å². The fourth-order valence-corrected chi connectivity index (χ4v) is 2.77. The number of nitrogens with zero attached hydrogens (tertiary/aromatic N) is 3. The molecule has 0 bridgehead atoms. The first-order chi connectivity index (χ1) is 10.0. The van der Waals surface area contributed by atoms with Gasteiger partial charge in [0.2, 0.25) is 5.91 Å². The molecule has 0 unspecified atom stereocenters. The number of anilines is 1. The lowest BCUT2D eigenvalue weighted by atomic mass is 9.86. The zero-order chi connectivity index (χ0) is 15.0. The van der Waals surface area contributed by atoms with Crippen LogP contribution in [0.25, 0.3) is 0 Å². The Labute approximate surface area is 123 Å². The predicted molar refractivity (Wildman–Crippen MR) is 79.6 cm³/mol. The van der Waals surface area contributed by atoms with E-state index in [-0.39, 0.29) is 5.91 Å². The average molecular weight is 277 g/mol. The van der Waals surface area contributed by atoms with E-state index in [1.165, 1.54) is 0 Å². The third-order valence-corrected chi connectivity index (χ3v) is 3.93. The van der Waals surface area contributed by atoms with Crippen LogP contribution in [-0.4, -0.2) is 10.9 Å². The van der Waals surface area contributed by atoms with E-state index in [4.69, 9.17) is 5.26 Å². The fraction of sp³-hybridized carbons (Fsp3) is 0.235. The summed E-state index contributed by atoms with van der Waals surface area (Å²) in [4.78, 5) is 18.4. The van der Waals surface area contributed by atoms with Gasteiger partial charge in [-0.2, -0.15) is 5.26 Å². The van der Waals surface area contributed by atoms with Crippen molar-refractivity contribution in [2.75, 3.05) is 4.90 Å². The quantitative estimate of drug-likeness (QED) is 0.848. The van der Waals surface area contributed by atoms with Crippen molar-refractivity contribution in [3.05, 3.63) is 59.4 Å². The second-order valence-electron chi connectivity index (χ2n) is 5.69. The lowest BCUT2D eigenvalue weighted by molar-refractivity contribution is -0.122. The van der Waals surface area contributed by atoms with Crippen LogP contribution in [0.2, 0.25) is 0 Å². The molecule has 0 saturated carbocycles. The highest BCUT2D eigenvalue weighted by atomic mass is 16.2. The number of carbonyl (C=O) groups excluding carboxylic acids is 1. The number of pyridine rings is 1. The van der Waals surface area contributed by atoms with E-state index in [9.17, 15) is 4.79 Å². The van der Waals surface area contributed by atoms with Crippen molar-refractivity contribution in [1.82, 2.24) is 4.98 Å². The zero-order valence-corrected chi connectivity index (χ0v) is 12.0. The summed E-state index contributed by atoms with van der Waals surface area (Å²) in [5.74, 6) is 0.0824. The molecule has 0 atom stereocenters. The largest absolute Gasteiger partial charge is 0.307 e. The molecule has 3 rings (SSSR count). The molecule has 1 aliphatic rings. The topological polar surface area (TPSA) is 57.0 Å². The minimum atomic E-state index is -0.512. The van der Waals surface area contributed by atoms with Gasteiger partial charge in [-0.3, -0.25) is 4.79 Å². The molecule has 104 valence electrons. The molecule has 1 amide bonds. The maximum atomic E-state index is 12.7. The Balaban J connectivity index is 2.00. The van der Waals surface area contributed by atoms with Crippen molar-refractivity contribution in [1.29, 1.82) is 5.26 Å². The summed E-state index contributed by atoms with van der Waals surface area (Å²) in [7, 11) is 0. The van der Waals surface area contributed by atoms with Crippen LogP contribution in [0.4, 0.5) is 5.69 Å². The van der Waals surface area contributed by atoms with Crippen LogP contribution in [0.1, 0.15) is 30.7 Å². The number of hydrogen-bond donors (Lipinski definition) is 0. The maximum absolute atomic E-state index is 12.7. The molecule has 1 aromatic carbocycles. The van der Waals surface area contributed by atoms with Gasteiger partial charge in [-0.05, 0) is 43.2 Å². The van der Waals surface area contributed by atoms with Gasteiger partial charge in [0.05, 0.1) is 12.0 Å². The normalized spacial score (nSPS) is 15.7. The molecule has 4 heteroatoms. The first kappa shape index (κ1) is 13.3. The number of para-hydroxylation sites is 1. The summed E-state index contributed by atoms with van der Waals surface area (Å²) >= 11 is 0. The predicted octanol–water partition coefficient (Wildman–Crippen LogP) is 2.78. The summed E-state index contributed by atoms with van der Waals surface area (Å²) in [5.41, 5.74) is 2.75. The van der Waals surface area contributed by atoms with E-state index in [0.29, 0.717) is 12.2 Å². The molecule has 1 aliphatic heterocycles. The van der Waals surface area contributed by atoms with Gasteiger partial charge < -0.3 is 4.90 Å². The molecule has 0 radical (unpaired) electrons. The van der Waals surface area contributed by atoms with E-state index in [2.05, 4.69) is 4.98 Å². The maximum Gasteiger partial charge on any atom is 0.237 e. The van der Waals surface area contributed by atoms with Crippen molar-refractivity contribution in [2.24, 2.45) is 0 Å². The lowest BCUT2D eigenvalue weighted by Gasteiger charge is -2.20. The van der Waals surface area contributed by atoms with Gasteiger partial charge in [-0.25, -0.2) is 4.98 Å². The lowest BCUT2D eigenvalue weighted by Crippen LogP contribution is -2.35. The second kappa shape index (κ2) is 4.71. The van der Waals surface area contributed by atoms with Gasteiger partial charge in [0.25, 0.3) is 0 Å². The number of hydrogen-bond acceptors (Lipinski definition) is 3. The monoisotopic (exact) mass is 277 g/mol. The van der Waals surface area contributed by atoms with E-state index in [1.54, 1.807) is 17.2 Å². The van der Waals surface area contributed by atoms with Crippen LogP contribution in [0, 0.1) is 11.3 Å². The minimum absolute atomic E-state index is 0.0824. The molecular formula is C17H15N3O. The zero-order valence-electron chi connectivity index (χ0n) is 12.0. The highest BCUT2D eigenvalue weighted by Crippen LogP contribution is 2.41. The summed E-state index contributed by atoms with van der Waals surface area (Å²) in [6, 6.07) is 13.4. The summed E-state index contributed by atoms with van der Waals surface area (Å²) in [5, 5.41) is 8.92. The molecule has 0 aliphatic carbocycles. The molecular weight excluding hydrogens is 262 g/mol. The van der Waals surface area contributed by atoms with Crippen molar-refractivity contribution >= 4 is 11.6 Å². The third-order valence-electron chi connectivity index (χ3n) is 3.93. The van der Waals surface area contributed by atoms with Crippen molar-refractivity contribution < 1.29 is 4.79 Å². The minimum Gasteiger partial charge on any atom is -0.307 e. The van der Waals surface area contributed by atoms with Crippen LogP contribution < -0.4 is 4.90 Å². The molecule has 1 aromatic heterocycles. The first-order valence-electron chi connectivity index (χ1n) is 6.80. The second-order valence-corrected chi connectivity index (χ2v) is 5.69. The number of fused-ring (bicyclic) bond motifs is 1. The Morgan fingerprint density at radius 2 is 2.05 bits per heavy atom. The standard InChI is InChI=1S/C17H15N3O/c1-17(2)14-5-3-4-6-15(14)20(16(17)21)11-12-7-8-19-13(9-12)10-18/h3-9H,11H2,1-2H3. The highest BCUT2D eigenvalue weighted by molar-refractivity contribution is 6.07. The molecule has 2 heterocycles. The third kappa shape index (κ3) is 2.07. The summed E-state index contributed by atoms with van der Waals surface area (Å²) in [6.45, 7) is 4.35. The van der Waals surface area contributed by atoms with Gasteiger partial charge in [-0.15, -0.1) is 0 Å². The Bertz CT molecular complexity index is 759. The highest BCUT2D eigenvalue weighted by Gasteiger charge is 2.43. The number of amides is 1. The Hall–Kier alpha value is -2.67. The van der Waals surface area contributed by atoms with E-state index in [0.717, 1.165) is 16.8 Å². The smallest absolute Gasteiger partial charge is 0.237 e. The summed E-state index contributed by atoms with van der Waals surface area (Å²) < 4.78 is 0. The van der Waals surface area contributed by atoms with Crippen molar-refractivity contribution in [2.45, 2.75) is 25.8 Å². The van der Waals surface area contributed by atoms with Crippen LogP contribution >= 0.6 is 0 Å². The molecule has 0 N–H and O–H groups in total. The van der Waals surface area contributed by atoms with Crippen LogP contribution in [0.15, 0.2) is 42.6 Å². The molecule has 0 fully saturated rings. The Morgan fingerprint density at radius 3 is 2.81 bits per heavy atom. The van der Waals surface area contributed by atoms with Gasteiger partial charge in [0.15, 0.2) is 0 Å². The number of nitriles is 1. The Kier molecular flexibility index (Phi) is 2.99.